The average Bonchev–Trinajstić information content (AvgIpc) is 2.78. The highest BCUT2D eigenvalue weighted by atomic mass is 15.3. The molecule has 1 atom stereocenters. The van der Waals surface area contributed by atoms with Crippen LogP contribution >= 0.6 is 0 Å². The molecule has 1 aliphatic carbocycles. The number of rotatable bonds is 3. The van der Waals surface area contributed by atoms with Crippen molar-refractivity contribution in [3.8, 4) is 0 Å². The van der Waals surface area contributed by atoms with Crippen LogP contribution in [0.3, 0.4) is 0 Å². The number of hydrogen-bond donors (Lipinski definition) is 2. The van der Waals surface area contributed by atoms with Gasteiger partial charge in [-0.05, 0) is 18.8 Å². The molecule has 1 unspecified atom stereocenters. The van der Waals surface area contributed by atoms with Gasteiger partial charge in [-0.25, -0.2) is 0 Å². The van der Waals surface area contributed by atoms with Crippen LogP contribution in [0.4, 0.5) is 0 Å². The number of nitrogens with two attached hydrogens (primary N) is 1. The molecule has 3 N–H and O–H groups in total. The van der Waals surface area contributed by atoms with Gasteiger partial charge in [0.15, 0.2) is 0 Å². The summed E-state index contributed by atoms with van der Waals surface area (Å²) in [5, 5.41) is 4.12. The Bertz CT molecular complexity index is 264. The fraction of sp³-hybridized carbons (Fsp3) is 0.625. The van der Waals surface area contributed by atoms with Crippen LogP contribution in [0.15, 0.2) is 12.4 Å². The minimum Gasteiger partial charge on any atom is -0.275 e. The van der Waals surface area contributed by atoms with Gasteiger partial charge in [-0.2, -0.15) is 5.10 Å². The molecule has 1 aromatic heterocycles. The maximum Gasteiger partial charge on any atom is 0.0538 e. The standard InChI is InChI=1S/C8H14N4/c1-12-5-7(4-10-12)8(11-9)6-2-3-6/h4-6,8,11H,2-3,9H2,1H3. The summed E-state index contributed by atoms with van der Waals surface area (Å²) in [4.78, 5) is 0. The van der Waals surface area contributed by atoms with E-state index in [9.17, 15) is 0 Å². The molecule has 0 radical (unpaired) electrons. The maximum atomic E-state index is 5.47. The van der Waals surface area contributed by atoms with Crippen LogP contribution in [0.1, 0.15) is 24.4 Å². The third kappa shape index (κ3) is 1.35. The van der Waals surface area contributed by atoms with Gasteiger partial charge in [-0.3, -0.25) is 16.0 Å². The van der Waals surface area contributed by atoms with E-state index < -0.39 is 0 Å². The van der Waals surface area contributed by atoms with Gasteiger partial charge in [0.25, 0.3) is 0 Å². The lowest BCUT2D eigenvalue weighted by Gasteiger charge is -2.11. The SMILES string of the molecule is Cn1cc(C(NN)C2CC2)cn1. The second kappa shape index (κ2) is 2.88. The smallest absolute Gasteiger partial charge is 0.0538 e. The number of hydrogen-bond acceptors (Lipinski definition) is 3. The molecule has 1 aromatic rings. The normalized spacial score (nSPS) is 19.5. The van der Waals surface area contributed by atoms with Crippen LogP contribution in [0.2, 0.25) is 0 Å². The minimum absolute atomic E-state index is 0.304. The fourth-order valence-corrected chi connectivity index (χ4v) is 1.53. The predicted molar refractivity (Wildman–Crippen MR) is 46.0 cm³/mol. The van der Waals surface area contributed by atoms with E-state index in [0.717, 1.165) is 5.92 Å². The molecule has 12 heavy (non-hydrogen) atoms. The molecule has 1 fully saturated rings. The zero-order chi connectivity index (χ0) is 8.55. The number of aryl methyl sites for hydroxylation is 1. The van der Waals surface area contributed by atoms with Gasteiger partial charge in [0, 0.05) is 18.8 Å². The van der Waals surface area contributed by atoms with E-state index in [-0.39, 0.29) is 0 Å². The van der Waals surface area contributed by atoms with E-state index in [4.69, 9.17) is 5.84 Å². The third-order valence-electron chi connectivity index (χ3n) is 2.36. The van der Waals surface area contributed by atoms with Crippen LogP contribution in [-0.4, -0.2) is 9.78 Å². The summed E-state index contributed by atoms with van der Waals surface area (Å²) in [6.45, 7) is 0. The van der Waals surface area contributed by atoms with Crippen LogP contribution in [0, 0.1) is 5.92 Å². The Labute approximate surface area is 71.7 Å². The molecular formula is C8H14N4. The van der Waals surface area contributed by atoms with Crippen molar-refractivity contribution in [3.05, 3.63) is 18.0 Å². The highest BCUT2D eigenvalue weighted by Gasteiger charge is 2.32. The Morgan fingerprint density at radius 2 is 2.50 bits per heavy atom. The molecule has 0 aliphatic heterocycles. The van der Waals surface area contributed by atoms with E-state index >= 15 is 0 Å². The molecule has 4 heteroatoms. The second-order valence-corrected chi connectivity index (χ2v) is 3.43. The van der Waals surface area contributed by atoms with Gasteiger partial charge in [-0.15, -0.1) is 0 Å². The first kappa shape index (κ1) is 7.76. The van der Waals surface area contributed by atoms with E-state index in [2.05, 4.69) is 10.5 Å². The monoisotopic (exact) mass is 166 g/mol. The lowest BCUT2D eigenvalue weighted by atomic mass is 10.1. The summed E-state index contributed by atoms with van der Waals surface area (Å²) in [5.41, 5.74) is 4.04. The van der Waals surface area contributed by atoms with Crippen molar-refractivity contribution in [2.75, 3.05) is 0 Å². The lowest BCUT2D eigenvalue weighted by Crippen LogP contribution is -2.29. The third-order valence-corrected chi connectivity index (χ3v) is 2.36. The van der Waals surface area contributed by atoms with Crippen molar-refractivity contribution >= 4 is 0 Å². The van der Waals surface area contributed by atoms with Crippen molar-refractivity contribution in [1.29, 1.82) is 0 Å². The molecule has 0 bridgehead atoms. The Morgan fingerprint density at radius 1 is 1.75 bits per heavy atom. The summed E-state index contributed by atoms with van der Waals surface area (Å²) < 4.78 is 1.81. The molecule has 4 nitrogen and oxygen atoms in total. The van der Waals surface area contributed by atoms with Crippen molar-refractivity contribution in [3.63, 3.8) is 0 Å². The Kier molecular flexibility index (Phi) is 1.86. The van der Waals surface area contributed by atoms with Crippen molar-refractivity contribution in [2.24, 2.45) is 18.8 Å². The first-order valence-corrected chi connectivity index (χ1v) is 4.26. The molecule has 0 amide bonds. The molecule has 0 saturated heterocycles. The molecule has 0 spiro atoms. The van der Waals surface area contributed by atoms with E-state index in [1.807, 2.05) is 24.1 Å². The number of aromatic nitrogens is 2. The fourth-order valence-electron chi connectivity index (χ4n) is 1.53. The van der Waals surface area contributed by atoms with Crippen LogP contribution in [-0.2, 0) is 7.05 Å². The van der Waals surface area contributed by atoms with E-state index in [0.29, 0.717) is 6.04 Å². The quantitative estimate of drug-likeness (QED) is 0.502. The van der Waals surface area contributed by atoms with Gasteiger partial charge < -0.3 is 0 Å². The highest BCUT2D eigenvalue weighted by Crippen LogP contribution is 2.40. The molecule has 1 aliphatic rings. The highest BCUT2D eigenvalue weighted by molar-refractivity contribution is 5.13. The zero-order valence-corrected chi connectivity index (χ0v) is 7.20. The maximum absolute atomic E-state index is 5.47. The topological polar surface area (TPSA) is 55.9 Å². The van der Waals surface area contributed by atoms with Crippen LogP contribution in [0.25, 0.3) is 0 Å². The van der Waals surface area contributed by atoms with E-state index in [1.54, 1.807) is 0 Å². The largest absolute Gasteiger partial charge is 0.275 e. The van der Waals surface area contributed by atoms with Crippen molar-refractivity contribution in [1.82, 2.24) is 15.2 Å². The van der Waals surface area contributed by atoms with Crippen molar-refractivity contribution in [2.45, 2.75) is 18.9 Å². The lowest BCUT2D eigenvalue weighted by molar-refractivity contribution is 0.496. The van der Waals surface area contributed by atoms with E-state index in [1.165, 1.54) is 18.4 Å². The number of nitrogens with one attached hydrogen (secondary N) is 1. The Morgan fingerprint density at radius 3 is 2.92 bits per heavy atom. The molecule has 1 heterocycles. The van der Waals surface area contributed by atoms with Gasteiger partial charge in [0.1, 0.15) is 0 Å². The summed E-state index contributed by atoms with van der Waals surface area (Å²) in [6, 6.07) is 0.304. The van der Waals surface area contributed by atoms with Crippen LogP contribution in [0.5, 0.6) is 0 Å². The molecule has 0 aromatic carbocycles. The summed E-state index contributed by atoms with van der Waals surface area (Å²) >= 11 is 0. The minimum atomic E-state index is 0.304. The Balaban J connectivity index is 2.15. The summed E-state index contributed by atoms with van der Waals surface area (Å²) in [5.74, 6) is 6.19. The first-order chi connectivity index (χ1) is 5.81. The molecule has 1 saturated carbocycles. The zero-order valence-electron chi connectivity index (χ0n) is 7.20. The molecule has 66 valence electrons. The first-order valence-electron chi connectivity index (χ1n) is 4.26. The molecular weight excluding hydrogens is 152 g/mol. The van der Waals surface area contributed by atoms with Gasteiger partial charge >= 0.3 is 0 Å². The summed E-state index contributed by atoms with van der Waals surface area (Å²) in [6.07, 6.45) is 6.46. The van der Waals surface area contributed by atoms with Gasteiger partial charge in [0.05, 0.1) is 12.2 Å². The molecule has 2 rings (SSSR count). The van der Waals surface area contributed by atoms with Gasteiger partial charge in [-0.1, -0.05) is 0 Å². The number of hydrazine groups is 1. The second-order valence-electron chi connectivity index (χ2n) is 3.43. The Hall–Kier alpha value is -0.870. The predicted octanol–water partition coefficient (Wildman–Crippen LogP) is 0.334. The van der Waals surface area contributed by atoms with Gasteiger partial charge in [0.2, 0.25) is 0 Å². The van der Waals surface area contributed by atoms with Crippen molar-refractivity contribution < 1.29 is 0 Å². The average molecular weight is 166 g/mol. The summed E-state index contributed by atoms with van der Waals surface area (Å²) in [7, 11) is 1.92. The van der Waals surface area contributed by atoms with Crippen LogP contribution < -0.4 is 11.3 Å². The number of nitrogens with zero attached hydrogens (tertiary/aromatic N) is 2.